The molecular weight excluding hydrogens is 232 g/mol. The van der Waals surface area contributed by atoms with E-state index in [2.05, 4.69) is 15.9 Å². The molecule has 2 rings (SSSR count). The van der Waals surface area contributed by atoms with Gasteiger partial charge in [0.1, 0.15) is 4.60 Å². The number of aromatic nitrogens is 2. The number of rotatable bonds is 1. The fraction of sp³-hybridized carbons (Fsp3) is 0. The molecule has 2 aromatic heterocycles. The van der Waals surface area contributed by atoms with Crippen LogP contribution in [-0.2, 0) is 0 Å². The Labute approximate surface area is 83.3 Å². The summed E-state index contributed by atoms with van der Waals surface area (Å²) in [5.41, 5.74) is -0.0561. The Morgan fingerprint density at radius 3 is 2.38 bits per heavy atom. The first-order chi connectivity index (χ1) is 6.29. The molecule has 4 heteroatoms. The summed E-state index contributed by atoms with van der Waals surface area (Å²) in [6, 6.07) is 8.79. The quantitative estimate of drug-likeness (QED) is 0.744. The van der Waals surface area contributed by atoms with E-state index >= 15 is 0 Å². The smallest absolute Gasteiger partial charge is 0.267 e. The lowest BCUT2D eigenvalue weighted by Crippen LogP contribution is -2.23. The van der Waals surface area contributed by atoms with Crippen molar-refractivity contribution in [2.24, 2.45) is 0 Å². The summed E-state index contributed by atoms with van der Waals surface area (Å²) in [6.07, 6.45) is 3.53. The zero-order valence-electron chi connectivity index (χ0n) is 6.72. The van der Waals surface area contributed by atoms with Gasteiger partial charge in [-0.25, -0.2) is 9.35 Å². The van der Waals surface area contributed by atoms with Crippen molar-refractivity contribution in [3.8, 4) is 0 Å². The Kier molecular flexibility index (Phi) is 2.06. The molecule has 2 heterocycles. The second-order valence-electron chi connectivity index (χ2n) is 2.56. The molecule has 3 nitrogen and oxygen atoms in total. The van der Waals surface area contributed by atoms with E-state index in [9.17, 15) is 4.79 Å². The van der Waals surface area contributed by atoms with Gasteiger partial charge in [-0.1, -0.05) is 6.07 Å². The van der Waals surface area contributed by atoms with Gasteiger partial charge in [0.25, 0.3) is 5.56 Å². The number of nitrogens with zero attached hydrogens (tertiary/aromatic N) is 2. The van der Waals surface area contributed by atoms with Gasteiger partial charge in [-0.15, -0.1) is 0 Å². The minimum Gasteiger partial charge on any atom is -0.267 e. The van der Waals surface area contributed by atoms with E-state index in [0.29, 0.717) is 0 Å². The van der Waals surface area contributed by atoms with Crippen LogP contribution in [0.5, 0.6) is 0 Å². The van der Waals surface area contributed by atoms with Crippen molar-refractivity contribution in [3.63, 3.8) is 0 Å². The summed E-state index contributed by atoms with van der Waals surface area (Å²) in [4.78, 5) is 11.4. The zero-order chi connectivity index (χ0) is 9.26. The van der Waals surface area contributed by atoms with Crippen molar-refractivity contribution >= 4 is 15.9 Å². The largest absolute Gasteiger partial charge is 0.269 e. The highest BCUT2D eigenvalue weighted by Gasteiger charge is 1.98. The topological polar surface area (TPSA) is 26.9 Å². The molecule has 2 aromatic rings. The van der Waals surface area contributed by atoms with Crippen molar-refractivity contribution in [1.29, 1.82) is 0 Å². The van der Waals surface area contributed by atoms with Gasteiger partial charge in [0.2, 0.25) is 0 Å². The highest BCUT2D eigenvalue weighted by Crippen LogP contribution is 2.09. The molecule has 0 saturated carbocycles. The van der Waals surface area contributed by atoms with Crippen molar-refractivity contribution in [2.75, 3.05) is 0 Å². The normalized spacial score (nSPS) is 10.2. The molecule has 0 saturated heterocycles. The Balaban J connectivity index is 2.66. The van der Waals surface area contributed by atoms with Crippen LogP contribution < -0.4 is 5.56 Å². The first-order valence-corrected chi connectivity index (χ1v) is 4.59. The van der Waals surface area contributed by atoms with Gasteiger partial charge in [0, 0.05) is 18.5 Å². The Morgan fingerprint density at radius 1 is 1.00 bits per heavy atom. The maximum atomic E-state index is 11.4. The molecule has 0 aliphatic heterocycles. The van der Waals surface area contributed by atoms with Crippen molar-refractivity contribution in [3.05, 3.63) is 57.7 Å². The summed E-state index contributed by atoms with van der Waals surface area (Å²) < 4.78 is 4.09. The van der Waals surface area contributed by atoms with E-state index in [-0.39, 0.29) is 5.56 Å². The molecule has 66 valence electrons. The first-order valence-electron chi connectivity index (χ1n) is 3.80. The van der Waals surface area contributed by atoms with Crippen molar-refractivity contribution in [2.45, 2.75) is 0 Å². The summed E-state index contributed by atoms with van der Waals surface area (Å²) in [6.45, 7) is 0. The SMILES string of the molecule is O=c1ccccn1-n1cccc1Br. The van der Waals surface area contributed by atoms with E-state index in [1.165, 1.54) is 10.7 Å². The van der Waals surface area contributed by atoms with E-state index in [1.807, 2.05) is 24.4 Å². The minimum absolute atomic E-state index is 0.0561. The van der Waals surface area contributed by atoms with Crippen molar-refractivity contribution in [1.82, 2.24) is 9.35 Å². The molecule has 0 aliphatic carbocycles. The lowest BCUT2D eigenvalue weighted by atomic mass is 10.5. The second kappa shape index (κ2) is 3.22. The molecule has 13 heavy (non-hydrogen) atoms. The van der Waals surface area contributed by atoms with Crippen LogP contribution in [0.1, 0.15) is 0 Å². The van der Waals surface area contributed by atoms with Crippen LogP contribution in [0.3, 0.4) is 0 Å². The molecule has 0 bridgehead atoms. The van der Waals surface area contributed by atoms with Gasteiger partial charge < -0.3 is 0 Å². The maximum absolute atomic E-state index is 11.4. The Hall–Kier alpha value is -1.29. The molecule has 0 atom stereocenters. The zero-order valence-corrected chi connectivity index (χ0v) is 8.31. The minimum atomic E-state index is -0.0561. The lowest BCUT2D eigenvalue weighted by Gasteiger charge is -2.06. The molecule has 0 N–H and O–H groups in total. The third kappa shape index (κ3) is 1.45. The Morgan fingerprint density at radius 2 is 1.77 bits per heavy atom. The van der Waals surface area contributed by atoms with Crippen molar-refractivity contribution < 1.29 is 0 Å². The number of halogens is 1. The molecular formula is C9H7BrN2O. The van der Waals surface area contributed by atoms with Crippen LogP contribution in [-0.4, -0.2) is 9.35 Å². The van der Waals surface area contributed by atoms with Gasteiger partial charge in [-0.3, -0.25) is 4.79 Å². The van der Waals surface area contributed by atoms with E-state index in [0.717, 1.165) is 4.60 Å². The third-order valence-corrected chi connectivity index (χ3v) is 2.34. The van der Waals surface area contributed by atoms with Gasteiger partial charge in [-0.2, -0.15) is 0 Å². The molecule has 0 fully saturated rings. The van der Waals surface area contributed by atoms with E-state index in [1.54, 1.807) is 16.9 Å². The highest BCUT2D eigenvalue weighted by molar-refractivity contribution is 9.10. The summed E-state index contributed by atoms with van der Waals surface area (Å²) in [5, 5.41) is 0. The maximum Gasteiger partial charge on any atom is 0.269 e. The molecule has 0 amide bonds. The molecule has 0 radical (unpaired) electrons. The van der Waals surface area contributed by atoms with Crippen LogP contribution in [0.15, 0.2) is 52.1 Å². The number of pyridine rings is 1. The summed E-state index contributed by atoms with van der Waals surface area (Å²) in [7, 11) is 0. The highest BCUT2D eigenvalue weighted by atomic mass is 79.9. The monoisotopic (exact) mass is 238 g/mol. The van der Waals surface area contributed by atoms with E-state index < -0.39 is 0 Å². The molecule has 0 unspecified atom stereocenters. The van der Waals surface area contributed by atoms with Gasteiger partial charge in [0.05, 0.1) is 0 Å². The van der Waals surface area contributed by atoms with E-state index in [4.69, 9.17) is 0 Å². The Bertz CT molecular complexity index is 472. The first kappa shape index (κ1) is 8.31. The predicted octanol–water partition coefficient (Wildman–Crippen LogP) is 1.72. The van der Waals surface area contributed by atoms with Crippen LogP contribution in [0.4, 0.5) is 0 Å². The predicted molar refractivity (Wildman–Crippen MR) is 53.6 cm³/mol. The standard InChI is InChI=1S/C9H7BrN2O/c10-8-4-3-7-11(8)12-6-2-1-5-9(12)13/h1-7H. The summed E-state index contributed by atoms with van der Waals surface area (Å²) >= 11 is 3.34. The molecule has 0 aliphatic rings. The molecule has 0 aromatic carbocycles. The van der Waals surface area contributed by atoms with Gasteiger partial charge >= 0.3 is 0 Å². The third-order valence-electron chi connectivity index (χ3n) is 1.72. The molecule has 0 spiro atoms. The van der Waals surface area contributed by atoms with Gasteiger partial charge in [-0.05, 0) is 34.1 Å². The number of hydrogen-bond acceptors (Lipinski definition) is 1. The van der Waals surface area contributed by atoms with Crippen LogP contribution in [0.25, 0.3) is 0 Å². The van der Waals surface area contributed by atoms with Crippen LogP contribution in [0.2, 0.25) is 0 Å². The lowest BCUT2D eigenvalue weighted by molar-refractivity contribution is 0.621. The second-order valence-corrected chi connectivity index (χ2v) is 3.37. The summed E-state index contributed by atoms with van der Waals surface area (Å²) in [5.74, 6) is 0. The van der Waals surface area contributed by atoms with Crippen LogP contribution >= 0.6 is 15.9 Å². The van der Waals surface area contributed by atoms with Gasteiger partial charge in [0.15, 0.2) is 0 Å². The number of hydrogen-bond donors (Lipinski definition) is 0. The average Bonchev–Trinajstić information content (AvgIpc) is 2.52. The fourth-order valence-corrected chi connectivity index (χ4v) is 1.56. The fourth-order valence-electron chi connectivity index (χ4n) is 1.12. The average molecular weight is 239 g/mol. The van der Waals surface area contributed by atoms with Crippen LogP contribution in [0, 0.1) is 0 Å².